The number of rotatable bonds is 8. The molecule has 1 saturated carbocycles. The van der Waals surface area contributed by atoms with Crippen molar-refractivity contribution in [1.29, 1.82) is 0 Å². The molecule has 1 heterocycles. The SMILES string of the molecule is COCC(C)OCc1ccc(CNC2CC2)cn1. The lowest BCUT2D eigenvalue weighted by atomic mass is 10.2. The third-order valence-corrected chi connectivity index (χ3v) is 2.98. The molecule has 1 N–H and O–H groups in total. The minimum atomic E-state index is 0.105. The Morgan fingerprint density at radius 3 is 2.89 bits per heavy atom. The van der Waals surface area contributed by atoms with E-state index < -0.39 is 0 Å². The molecule has 2 rings (SSSR count). The van der Waals surface area contributed by atoms with Crippen molar-refractivity contribution in [2.75, 3.05) is 13.7 Å². The molecule has 0 aromatic carbocycles. The van der Waals surface area contributed by atoms with Crippen molar-refractivity contribution < 1.29 is 9.47 Å². The molecule has 0 bridgehead atoms. The lowest BCUT2D eigenvalue weighted by Crippen LogP contribution is -2.16. The fourth-order valence-corrected chi connectivity index (χ4v) is 1.71. The smallest absolute Gasteiger partial charge is 0.0892 e. The molecule has 1 aromatic heterocycles. The van der Waals surface area contributed by atoms with Crippen molar-refractivity contribution in [2.45, 2.75) is 45.1 Å². The molecule has 4 heteroatoms. The summed E-state index contributed by atoms with van der Waals surface area (Å²) in [5.74, 6) is 0. The maximum Gasteiger partial charge on any atom is 0.0892 e. The fraction of sp³-hybridized carbons (Fsp3) is 0.643. The molecular formula is C14H22N2O2. The molecule has 1 fully saturated rings. The van der Waals surface area contributed by atoms with Crippen LogP contribution >= 0.6 is 0 Å². The highest BCUT2D eigenvalue weighted by atomic mass is 16.5. The van der Waals surface area contributed by atoms with Gasteiger partial charge in [0, 0.05) is 25.9 Å². The van der Waals surface area contributed by atoms with Crippen LogP contribution in [0.4, 0.5) is 0 Å². The summed E-state index contributed by atoms with van der Waals surface area (Å²) < 4.78 is 10.6. The fourth-order valence-electron chi connectivity index (χ4n) is 1.71. The summed E-state index contributed by atoms with van der Waals surface area (Å²) in [6.07, 6.45) is 4.66. The molecule has 4 nitrogen and oxygen atoms in total. The monoisotopic (exact) mass is 250 g/mol. The van der Waals surface area contributed by atoms with Gasteiger partial charge in [-0.2, -0.15) is 0 Å². The summed E-state index contributed by atoms with van der Waals surface area (Å²) in [6, 6.07) is 4.88. The number of pyridine rings is 1. The van der Waals surface area contributed by atoms with E-state index in [9.17, 15) is 0 Å². The van der Waals surface area contributed by atoms with E-state index in [1.165, 1.54) is 18.4 Å². The van der Waals surface area contributed by atoms with E-state index in [0.717, 1.165) is 18.3 Å². The second kappa shape index (κ2) is 6.83. The van der Waals surface area contributed by atoms with Crippen LogP contribution in [0.25, 0.3) is 0 Å². The first kappa shape index (κ1) is 13.5. The second-order valence-corrected chi connectivity index (χ2v) is 4.89. The van der Waals surface area contributed by atoms with Crippen molar-refractivity contribution in [3.8, 4) is 0 Å². The number of methoxy groups -OCH3 is 1. The first-order valence-electron chi connectivity index (χ1n) is 6.55. The molecule has 0 radical (unpaired) electrons. The number of hydrogen-bond donors (Lipinski definition) is 1. The van der Waals surface area contributed by atoms with E-state index in [1.54, 1.807) is 7.11 Å². The summed E-state index contributed by atoms with van der Waals surface area (Å²) in [6.45, 7) is 4.07. The average molecular weight is 250 g/mol. The minimum Gasteiger partial charge on any atom is -0.382 e. The Kier molecular flexibility index (Phi) is 5.11. The van der Waals surface area contributed by atoms with E-state index in [2.05, 4.69) is 16.4 Å². The maximum absolute atomic E-state index is 5.61. The second-order valence-electron chi connectivity index (χ2n) is 4.89. The molecule has 0 saturated heterocycles. The van der Waals surface area contributed by atoms with Crippen molar-refractivity contribution >= 4 is 0 Å². The van der Waals surface area contributed by atoms with Crippen molar-refractivity contribution in [3.05, 3.63) is 29.6 Å². The minimum absolute atomic E-state index is 0.105. The predicted octanol–water partition coefficient (Wildman–Crippen LogP) is 1.89. The van der Waals surface area contributed by atoms with E-state index in [-0.39, 0.29) is 6.10 Å². The predicted molar refractivity (Wildman–Crippen MR) is 70.2 cm³/mol. The molecule has 1 aliphatic carbocycles. The molecule has 1 atom stereocenters. The van der Waals surface area contributed by atoms with Crippen LogP contribution in [-0.4, -0.2) is 30.8 Å². The van der Waals surface area contributed by atoms with Crippen LogP contribution in [0.5, 0.6) is 0 Å². The normalized spacial score (nSPS) is 16.8. The summed E-state index contributed by atoms with van der Waals surface area (Å²) in [7, 11) is 1.68. The standard InChI is InChI=1S/C14H22N2O2/c1-11(9-17-2)18-10-14-4-3-12(8-16-14)7-15-13-5-6-13/h3-4,8,11,13,15H,5-7,9-10H2,1-2H3. The zero-order valence-corrected chi connectivity index (χ0v) is 11.2. The Hall–Kier alpha value is -0.970. The average Bonchev–Trinajstić information content (AvgIpc) is 3.19. The van der Waals surface area contributed by atoms with Crippen LogP contribution in [0.2, 0.25) is 0 Å². The summed E-state index contributed by atoms with van der Waals surface area (Å²) in [4.78, 5) is 4.40. The van der Waals surface area contributed by atoms with Gasteiger partial charge in [-0.3, -0.25) is 4.98 Å². The van der Waals surface area contributed by atoms with Gasteiger partial charge in [0.05, 0.1) is 25.0 Å². The highest BCUT2D eigenvalue weighted by molar-refractivity contribution is 5.13. The Labute approximate surface area is 109 Å². The number of nitrogens with zero attached hydrogens (tertiary/aromatic N) is 1. The molecule has 18 heavy (non-hydrogen) atoms. The number of aromatic nitrogens is 1. The van der Waals surface area contributed by atoms with Crippen molar-refractivity contribution in [3.63, 3.8) is 0 Å². The molecule has 1 unspecified atom stereocenters. The van der Waals surface area contributed by atoms with Gasteiger partial charge in [-0.1, -0.05) is 6.07 Å². The molecule has 0 spiro atoms. The third-order valence-electron chi connectivity index (χ3n) is 2.98. The summed E-state index contributed by atoms with van der Waals surface area (Å²) in [5, 5.41) is 3.47. The van der Waals surface area contributed by atoms with Gasteiger partial charge in [-0.05, 0) is 31.4 Å². The van der Waals surface area contributed by atoms with Gasteiger partial charge in [0.1, 0.15) is 0 Å². The Morgan fingerprint density at radius 2 is 2.28 bits per heavy atom. The lowest BCUT2D eigenvalue weighted by Gasteiger charge is -2.11. The first-order chi connectivity index (χ1) is 8.78. The van der Waals surface area contributed by atoms with Gasteiger partial charge in [0.25, 0.3) is 0 Å². The molecular weight excluding hydrogens is 228 g/mol. The number of ether oxygens (including phenoxy) is 2. The van der Waals surface area contributed by atoms with Crippen molar-refractivity contribution in [2.24, 2.45) is 0 Å². The zero-order chi connectivity index (χ0) is 12.8. The van der Waals surface area contributed by atoms with Crippen molar-refractivity contribution in [1.82, 2.24) is 10.3 Å². The van der Waals surface area contributed by atoms with Gasteiger partial charge in [-0.15, -0.1) is 0 Å². The largest absolute Gasteiger partial charge is 0.382 e. The van der Waals surface area contributed by atoms with Crippen LogP contribution in [0, 0.1) is 0 Å². The Balaban J connectivity index is 1.72. The highest BCUT2D eigenvalue weighted by Gasteiger charge is 2.19. The quantitative estimate of drug-likeness (QED) is 0.765. The van der Waals surface area contributed by atoms with E-state index in [1.807, 2.05) is 19.2 Å². The van der Waals surface area contributed by atoms with Gasteiger partial charge < -0.3 is 14.8 Å². The number of nitrogens with one attached hydrogen (secondary N) is 1. The van der Waals surface area contributed by atoms with Crippen LogP contribution < -0.4 is 5.32 Å². The topological polar surface area (TPSA) is 43.4 Å². The summed E-state index contributed by atoms with van der Waals surface area (Å²) >= 11 is 0. The first-order valence-corrected chi connectivity index (χ1v) is 6.55. The summed E-state index contributed by atoms with van der Waals surface area (Å²) in [5.41, 5.74) is 2.20. The highest BCUT2D eigenvalue weighted by Crippen LogP contribution is 2.19. The molecule has 1 aliphatic rings. The zero-order valence-electron chi connectivity index (χ0n) is 11.2. The van der Waals surface area contributed by atoms with Crippen LogP contribution in [0.1, 0.15) is 31.0 Å². The lowest BCUT2D eigenvalue weighted by molar-refractivity contribution is -0.00137. The third kappa shape index (κ3) is 4.72. The van der Waals surface area contributed by atoms with Gasteiger partial charge in [0.15, 0.2) is 0 Å². The molecule has 0 aliphatic heterocycles. The molecule has 100 valence electrons. The Bertz CT molecular complexity index is 349. The van der Waals surface area contributed by atoms with Gasteiger partial charge in [0.2, 0.25) is 0 Å². The number of hydrogen-bond acceptors (Lipinski definition) is 4. The van der Waals surface area contributed by atoms with Gasteiger partial charge in [-0.25, -0.2) is 0 Å². The Morgan fingerprint density at radius 1 is 1.44 bits per heavy atom. The van der Waals surface area contributed by atoms with Crippen LogP contribution in [0.15, 0.2) is 18.3 Å². The van der Waals surface area contributed by atoms with Crippen LogP contribution in [0.3, 0.4) is 0 Å². The molecule has 1 aromatic rings. The molecule has 0 amide bonds. The van der Waals surface area contributed by atoms with Crippen LogP contribution in [-0.2, 0) is 22.6 Å². The maximum atomic E-state index is 5.61. The van der Waals surface area contributed by atoms with E-state index >= 15 is 0 Å². The van der Waals surface area contributed by atoms with E-state index in [4.69, 9.17) is 9.47 Å². The van der Waals surface area contributed by atoms with Gasteiger partial charge >= 0.3 is 0 Å². The van der Waals surface area contributed by atoms with E-state index in [0.29, 0.717) is 13.2 Å².